The summed E-state index contributed by atoms with van der Waals surface area (Å²) in [5.41, 5.74) is 1.27. The van der Waals surface area contributed by atoms with Gasteiger partial charge in [0.15, 0.2) is 0 Å². The highest BCUT2D eigenvalue weighted by molar-refractivity contribution is 7.99. The van der Waals surface area contributed by atoms with Crippen LogP contribution in [0, 0.1) is 6.92 Å². The lowest BCUT2D eigenvalue weighted by atomic mass is 10.2. The van der Waals surface area contributed by atoms with E-state index in [4.69, 9.17) is 9.47 Å². The van der Waals surface area contributed by atoms with E-state index in [1.165, 1.54) is 10.5 Å². The average molecular weight is 260 g/mol. The van der Waals surface area contributed by atoms with E-state index in [1.54, 1.807) is 26.0 Å². The molecule has 94 valence electrons. The Morgan fingerprint density at radius 3 is 2.06 bits per heavy atom. The van der Waals surface area contributed by atoms with Crippen LogP contribution in [0.25, 0.3) is 0 Å². The molecule has 2 rings (SSSR count). The molecule has 0 saturated carbocycles. The maximum absolute atomic E-state index is 5.27. The van der Waals surface area contributed by atoms with Gasteiger partial charge in [-0.3, -0.25) is 0 Å². The minimum Gasteiger partial charge on any atom is -0.497 e. The van der Waals surface area contributed by atoms with Gasteiger partial charge in [0.2, 0.25) is 0 Å². The lowest BCUT2D eigenvalue weighted by molar-refractivity contribution is 0.392. The van der Waals surface area contributed by atoms with Crippen LogP contribution in [0.4, 0.5) is 0 Å². The van der Waals surface area contributed by atoms with E-state index in [-0.39, 0.29) is 0 Å². The first-order valence-corrected chi connectivity index (χ1v) is 6.51. The molecule has 0 heterocycles. The lowest BCUT2D eigenvalue weighted by Crippen LogP contribution is -1.88. The van der Waals surface area contributed by atoms with Crippen LogP contribution < -0.4 is 9.47 Å². The van der Waals surface area contributed by atoms with Crippen LogP contribution in [0.15, 0.2) is 52.3 Å². The molecule has 0 N–H and O–H groups in total. The average Bonchev–Trinajstić information content (AvgIpc) is 2.41. The summed E-state index contributed by atoms with van der Waals surface area (Å²) in [4.78, 5) is 2.35. The second-order valence-corrected chi connectivity index (χ2v) is 5.03. The molecule has 0 atom stereocenters. The Kier molecular flexibility index (Phi) is 4.15. The molecule has 0 aliphatic rings. The largest absolute Gasteiger partial charge is 0.497 e. The molecule has 0 fully saturated rings. The third-order valence-corrected chi connectivity index (χ3v) is 3.80. The molecule has 0 unspecified atom stereocenters. The quantitative estimate of drug-likeness (QED) is 0.822. The second kappa shape index (κ2) is 5.83. The summed E-state index contributed by atoms with van der Waals surface area (Å²) in [7, 11) is 3.33. The van der Waals surface area contributed by atoms with Crippen molar-refractivity contribution in [1.29, 1.82) is 0 Å². The molecule has 3 heteroatoms. The Morgan fingerprint density at radius 1 is 0.889 bits per heavy atom. The molecule has 0 amide bonds. The highest BCUT2D eigenvalue weighted by Gasteiger charge is 2.05. The van der Waals surface area contributed by atoms with Gasteiger partial charge in [0.25, 0.3) is 0 Å². The maximum Gasteiger partial charge on any atom is 0.123 e. The summed E-state index contributed by atoms with van der Waals surface area (Å²) in [6, 6.07) is 14.2. The fraction of sp³-hybridized carbons (Fsp3) is 0.200. The molecule has 0 spiro atoms. The predicted octanol–water partition coefficient (Wildman–Crippen LogP) is 4.16. The Hall–Kier alpha value is -1.61. The topological polar surface area (TPSA) is 18.5 Å². The van der Waals surface area contributed by atoms with E-state index in [0.717, 1.165) is 16.4 Å². The molecule has 0 radical (unpaired) electrons. The molecule has 0 bridgehead atoms. The first kappa shape index (κ1) is 12.8. The van der Waals surface area contributed by atoms with Crippen LogP contribution in [0.1, 0.15) is 5.56 Å². The van der Waals surface area contributed by atoms with E-state index in [9.17, 15) is 0 Å². The van der Waals surface area contributed by atoms with Gasteiger partial charge in [0.05, 0.1) is 14.2 Å². The minimum atomic E-state index is 0.811. The molecule has 2 aromatic carbocycles. The van der Waals surface area contributed by atoms with Gasteiger partial charge in [-0.15, -0.1) is 0 Å². The van der Waals surface area contributed by atoms with Crippen molar-refractivity contribution in [2.45, 2.75) is 16.7 Å². The number of ether oxygens (including phenoxy) is 2. The second-order valence-electron chi connectivity index (χ2n) is 3.92. The SMILES string of the molecule is COc1cc(OC)cc(Sc2ccccc2C)c1. The Labute approximate surface area is 112 Å². The number of hydrogen-bond acceptors (Lipinski definition) is 3. The maximum atomic E-state index is 5.27. The third-order valence-electron chi connectivity index (χ3n) is 2.65. The molecule has 0 aliphatic heterocycles. The van der Waals surface area contributed by atoms with E-state index in [1.807, 2.05) is 30.3 Å². The van der Waals surface area contributed by atoms with Crippen molar-refractivity contribution in [3.05, 3.63) is 48.0 Å². The zero-order chi connectivity index (χ0) is 13.0. The predicted molar refractivity (Wildman–Crippen MR) is 74.8 cm³/mol. The molecule has 2 aromatic rings. The van der Waals surface area contributed by atoms with Gasteiger partial charge in [0.1, 0.15) is 11.5 Å². The highest BCUT2D eigenvalue weighted by atomic mass is 32.2. The summed E-state index contributed by atoms with van der Waals surface area (Å²) in [5, 5.41) is 0. The van der Waals surface area contributed by atoms with E-state index >= 15 is 0 Å². The Balaban J connectivity index is 2.31. The number of hydrogen-bond donors (Lipinski definition) is 0. The van der Waals surface area contributed by atoms with Crippen LogP contribution in [0.3, 0.4) is 0 Å². The standard InChI is InChI=1S/C15H16O2S/c1-11-6-4-5-7-15(11)18-14-9-12(16-2)8-13(10-14)17-3/h4-10H,1-3H3. The van der Waals surface area contributed by atoms with Crippen LogP contribution in [-0.4, -0.2) is 14.2 Å². The van der Waals surface area contributed by atoms with Gasteiger partial charge >= 0.3 is 0 Å². The van der Waals surface area contributed by atoms with Gasteiger partial charge in [-0.2, -0.15) is 0 Å². The minimum absolute atomic E-state index is 0.811. The Morgan fingerprint density at radius 2 is 1.50 bits per heavy atom. The fourth-order valence-corrected chi connectivity index (χ4v) is 2.62. The molecular weight excluding hydrogens is 244 g/mol. The monoisotopic (exact) mass is 260 g/mol. The van der Waals surface area contributed by atoms with Gasteiger partial charge in [-0.05, 0) is 30.7 Å². The van der Waals surface area contributed by atoms with Crippen LogP contribution in [0.5, 0.6) is 11.5 Å². The van der Waals surface area contributed by atoms with E-state index in [0.29, 0.717) is 0 Å². The third kappa shape index (κ3) is 2.99. The van der Waals surface area contributed by atoms with Crippen LogP contribution in [0.2, 0.25) is 0 Å². The van der Waals surface area contributed by atoms with Gasteiger partial charge in [0, 0.05) is 15.9 Å². The highest BCUT2D eigenvalue weighted by Crippen LogP contribution is 2.35. The smallest absolute Gasteiger partial charge is 0.123 e. The van der Waals surface area contributed by atoms with Gasteiger partial charge in [-0.1, -0.05) is 30.0 Å². The van der Waals surface area contributed by atoms with Crippen LogP contribution in [-0.2, 0) is 0 Å². The summed E-state index contributed by atoms with van der Waals surface area (Å²) >= 11 is 1.71. The van der Waals surface area contributed by atoms with Crippen molar-refractivity contribution in [3.8, 4) is 11.5 Å². The Bertz CT molecular complexity index is 516. The number of rotatable bonds is 4. The molecule has 0 aliphatic carbocycles. The zero-order valence-corrected chi connectivity index (χ0v) is 11.6. The van der Waals surface area contributed by atoms with Crippen molar-refractivity contribution in [3.63, 3.8) is 0 Å². The first-order valence-electron chi connectivity index (χ1n) is 5.69. The zero-order valence-electron chi connectivity index (χ0n) is 10.8. The molecule has 18 heavy (non-hydrogen) atoms. The molecule has 2 nitrogen and oxygen atoms in total. The van der Waals surface area contributed by atoms with E-state index < -0.39 is 0 Å². The normalized spacial score (nSPS) is 10.2. The lowest BCUT2D eigenvalue weighted by Gasteiger charge is -2.09. The number of methoxy groups -OCH3 is 2. The van der Waals surface area contributed by atoms with Gasteiger partial charge < -0.3 is 9.47 Å². The van der Waals surface area contributed by atoms with Crippen molar-refractivity contribution in [1.82, 2.24) is 0 Å². The number of benzene rings is 2. The molecule has 0 aromatic heterocycles. The summed E-state index contributed by atoms with van der Waals surface area (Å²) in [5.74, 6) is 1.62. The number of aryl methyl sites for hydroxylation is 1. The van der Waals surface area contributed by atoms with E-state index in [2.05, 4.69) is 19.1 Å². The first-order chi connectivity index (χ1) is 8.72. The molecule has 0 saturated heterocycles. The van der Waals surface area contributed by atoms with Crippen molar-refractivity contribution < 1.29 is 9.47 Å². The summed E-state index contributed by atoms with van der Waals surface area (Å²) in [6.45, 7) is 2.11. The van der Waals surface area contributed by atoms with Crippen LogP contribution >= 0.6 is 11.8 Å². The summed E-state index contributed by atoms with van der Waals surface area (Å²) < 4.78 is 10.5. The van der Waals surface area contributed by atoms with Crippen molar-refractivity contribution >= 4 is 11.8 Å². The molecular formula is C15H16O2S. The van der Waals surface area contributed by atoms with Crippen molar-refractivity contribution in [2.24, 2.45) is 0 Å². The fourth-order valence-electron chi connectivity index (χ4n) is 1.64. The van der Waals surface area contributed by atoms with Crippen molar-refractivity contribution in [2.75, 3.05) is 14.2 Å². The van der Waals surface area contributed by atoms with Gasteiger partial charge in [-0.25, -0.2) is 0 Å². The summed E-state index contributed by atoms with van der Waals surface area (Å²) in [6.07, 6.45) is 0.